The van der Waals surface area contributed by atoms with Crippen molar-refractivity contribution in [2.24, 2.45) is 4.99 Å². The van der Waals surface area contributed by atoms with E-state index >= 15 is 0 Å². The van der Waals surface area contributed by atoms with Crippen molar-refractivity contribution in [3.05, 3.63) is 12.4 Å². The van der Waals surface area contributed by atoms with Gasteiger partial charge in [-0.2, -0.15) is 12.3 Å². The molecule has 6 heteroatoms. The first-order chi connectivity index (χ1) is 5.02. The summed E-state index contributed by atoms with van der Waals surface area (Å²) < 4.78 is 31.3. The number of hydrogen-bond acceptors (Lipinski definition) is 4. The average molecular weight is 176 g/mol. The molecule has 0 fully saturated rings. The molecule has 1 heterocycles. The van der Waals surface area contributed by atoms with E-state index in [9.17, 15) is 13.0 Å². The highest BCUT2D eigenvalue weighted by Gasteiger charge is 2.31. The molecule has 0 bridgehead atoms. The van der Waals surface area contributed by atoms with E-state index in [1.165, 1.54) is 12.4 Å². The molecule has 0 aliphatic carbocycles. The van der Waals surface area contributed by atoms with Crippen LogP contribution in [-0.4, -0.2) is 29.7 Å². The predicted octanol–water partition coefficient (Wildman–Crippen LogP) is -0.204. The van der Waals surface area contributed by atoms with Crippen LogP contribution in [0.4, 0.5) is 0 Å². The molecule has 0 amide bonds. The normalized spacial score (nSPS) is 29.6. The minimum Gasteiger partial charge on any atom is -0.701 e. The van der Waals surface area contributed by atoms with Crippen molar-refractivity contribution in [3.63, 3.8) is 0 Å². The molecule has 1 aliphatic rings. The molecule has 0 aromatic heterocycles. The molecule has 1 aliphatic heterocycles. The van der Waals surface area contributed by atoms with E-state index in [0.717, 1.165) is 6.34 Å². The Labute approximate surface area is 65.1 Å². The molecular weight excluding hydrogens is 168 g/mol. The summed E-state index contributed by atoms with van der Waals surface area (Å²) in [6.45, 7) is 1.78. The lowest BCUT2D eigenvalue weighted by Crippen LogP contribution is -2.44. The van der Waals surface area contributed by atoms with Gasteiger partial charge < -0.3 is 4.55 Å². The van der Waals surface area contributed by atoms with Gasteiger partial charge in [0.2, 0.25) is 6.34 Å². The molecule has 0 aromatic carbocycles. The summed E-state index contributed by atoms with van der Waals surface area (Å²) in [5.74, 6) is 0. The summed E-state index contributed by atoms with van der Waals surface area (Å²) in [6.07, 6.45) is 3.67. The minimum absolute atomic E-state index is 0.172. The highest BCUT2D eigenvalue weighted by Crippen LogP contribution is 2.15. The Balaban J connectivity index is 3.15. The summed E-state index contributed by atoms with van der Waals surface area (Å²) in [7, 11) is -4.36. The van der Waals surface area contributed by atoms with Gasteiger partial charge in [0.05, 0.1) is 12.7 Å². The van der Waals surface area contributed by atoms with E-state index in [-0.39, 0.29) is 6.54 Å². The molecule has 0 saturated heterocycles. The summed E-state index contributed by atoms with van der Waals surface area (Å²) >= 11 is 0. The van der Waals surface area contributed by atoms with E-state index in [4.69, 9.17) is 0 Å². The maximum Gasteiger partial charge on any atom is 0.264 e. The van der Waals surface area contributed by atoms with Crippen molar-refractivity contribution in [1.82, 2.24) is 0 Å². The van der Waals surface area contributed by atoms with Crippen LogP contribution in [0.25, 0.3) is 0 Å². The predicted molar refractivity (Wildman–Crippen MR) is 38.1 cm³/mol. The van der Waals surface area contributed by atoms with Crippen molar-refractivity contribution in [1.29, 1.82) is 0 Å². The fourth-order valence-electron chi connectivity index (χ4n) is 0.819. The first-order valence-electron chi connectivity index (χ1n) is 3.07. The number of aliphatic imine (C=N–C) groups is 1. The van der Waals surface area contributed by atoms with E-state index in [1.807, 2.05) is 0 Å². The summed E-state index contributed by atoms with van der Waals surface area (Å²) in [4.78, 5) is 3.56. The van der Waals surface area contributed by atoms with Gasteiger partial charge in [-0.05, 0) is 6.92 Å². The maximum absolute atomic E-state index is 10.7. The number of quaternary nitrogens is 1. The Hall–Kier alpha value is -0.720. The zero-order valence-corrected chi connectivity index (χ0v) is 6.78. The van der Waals surface area contributed by atoms with Crippen LogP contribution >= 0.6 is 0 Å². The molecule has 0 spiro atoms. The standard InChI is InChI=1S/C5H8N2O3S/c1-2-7(11(8,9)10)4-3-6-5-7/h3-5H,2H2,1H3. The Morgan fingerprint density at radius 1 is 1.64 bits per heavy atom. The fraction of sp³-hybridized carbons (Fsp3) is 0.400. The molecule has 1 unspecified atom stereocenters. The summed E-state index contributed by atoms with van der Waals surface area (Å²) in [6, 6.07) is 0. The second-order valence-electron chi connectivity index (χ2n) is 2.16. The van der Waals surface area contributed by atoms with Gasteiger partial charge in [0.25, 0.3) is 10.3 Å². The third kappa shape index (κ3) is 1.20. The summed E-state index contributed by atoms with van der Waals surface area (Å²) in [5.41, 5.74) is 0. The Morgan fingerprint density at radius 2 is 2.27 bits per heavy atom. The number of rotatable bonds is 2. The monoisotopic (exact) mass is 176 g/mol. The molecule has 0 saturated carbocycles. The van der Waals surface area contributed by atoms with Crippen LogP contribution < -0.4 is 0 Å². The molecule has 11 heavy (non-hydrogen) atoms. The number of hydrogen-bond donors (Lipinski definition) is 0. The third-order valence-electron chi connectivity index (χ3n) is 1.58. The van der Waals surface area contributed by atoms with Gasteiger partial charge in [-0.1, -0.05) is 0 Å². The van der Waals surface area contributed by atoms with Crippen molar-refractivity contribution in [3.8, 4) is 0 Å². The van der Waals surface area contributed by atoms with Gasteiger partial charge in [-0.25, -0.2) is 4.99 Å². The van der Waals surface area contributed by atoms with Crippen LogP contribution in [0, 0.1) is 0 Å². The lowest BCUT2D eigenvalue weighted by Gasteiger charge is -2.26. The lowest BCUT2D eigenvalue weighted by atomic mass is 10.6. The second-order valence-corrected chi connectivity index (χ2v) is 3.70. The zero-order chi connectivity index (χ0) is 8.54. The van der Waals surface area contributed by atoms with E-state index in [1.54, 1.807) is 6.92 Å². The largest absolute Gasteiger partial charge is 0.701 e. The van der Waals surface area contributed by atoms with Crippen molar-refractivity contribution in [2.45, 2.75) is 6.92 Å². The smallest absolute Gasteiger partial charge is 0.264 e. The van der Waals surface area contributed by atoms with E-state index in [2.05, 4.69) is 4.99 Å². The van der Waals surface area contributed by atoms with Crippen LogP contribution in [0.2, 0.25) is 0 Å². The summed E-state index contributed by atoms with van der Waals surface area (Å²) in [5, 5.41) is 0. The molecule has 0 radical (unpaired) electrons. The third-order valence-corrected chi connectivity index (χ3v) is 2.88. The van der Waals surface area contributed by atoms with Gasteiger partial charge in [0, 0.05) is 0 Å². The molecule has 1 rings (SSSR count). The van der Waals surface area contributed by atoms with Crippen molar-refractivity contribution < 1.29 is 16.9 Å². The van der Waals surface area contributed by atoms with Crippen LogP contribution in [-0.2, 0) is 10.3 Å². The molecule has 5 nitrogen and oxygen atoms in total. The molecule has 0 aromatic rings. The van der Waals surface area contributed by atoms with E-state index < -0.39 is 14.2 Å². The minimum atomic E-state index is -4.36. The first kappa shape index (κ1) is 8.38. The Kier molecular flexibility index (Phi) is 1.83. The van der Waals surface area contributed by atoms with Gasteiger partial charge in [-0.3, -0.25) is 0 Å². The zero-order valence-electron chi connectivity index (χ0n) is 5.97. The van der Waals surface area contributed by atoms with Gasteiger partial charge in [-0.15, -0.1) is 0 Å². The Morgan fingerprint density at radius 3 is 2.45 bits per heavy atom. The van der Waals surface area contributed by atoms with Crippen LogP contribution in [0.1, 0.15) is 6.92 Å². The topological polar surface area (TPSA) is 69.6 Å². The Bertz CT molecular complexity index is 292. The van der Waals surface area contributed by atoms with E-state index in [0.29, 0.717) is 0 Å². The van der Waals surface area contributed by atoms with Gasteiger partial charge in [0.1, 0.15) is 6.20 Å². The van der Waals surface area contributed by atoms with Gasteiger partial charge in [0.15, 0.2) is 0 Å². The highest BCUT2D eigenvalue weighted by atomic mass is 32.2. The first-order valence-corrected chi connectivity index (χ1v) is 4.44. The number of nitrogens with zero attached hydrogens (tertiary/aromatic N) is 2. The second kappa shape index (κ2) is 2.40. The van der Waals surface area contributed by atoms with Crippen LogP contribution in [0.3, 0.4) is 0 Å². The van der Waals surface area contributed by atoms with Gasteiger partial charge >= 0.3 is 0 Å². The lowest BCUT2D eigenvalue weighted by molar-refractivity contribution is -0.642. The van der Waals surface area contributed by atoms with Crippen molar-refractivity contribution in [2.75, 3.05) is 6.54 Å². The van der Waals surface area contributed by atoms with Crippen LogP contribution in [0.5, 0.6) is 0 Å². The SMILES string of the molecule is CC[N+]1(S(=O)(=O)[O-])C=CN=C1. The molecule has 62 valence electrons. The molecular formula is C5H8N2O3S. The quantitative estimate of drug-likeness (QED) is 0.432. The molecule has 1 atom stereocenters. The molecule has 0 N–H and O–H groups in total. The fourth-order valence-corrected chi connectivity index (χ4v) is 1.51. The van der Waals surface area contributed by atoms with Crippen LogP contribution in [0.15, 0.2) is 17.4 Å². The van der Waals surface area contributed by atoms with Crippen molar-refractivity contribution >= 4 is 16.6 Å². The highest BCUT2D eigenvalue weighted by molar-refractivity contribution is 7.80. The average Bonchev–Trinajstić information content (AvgIpc) is 2.33. The maximum atomic E-state index is 10.7.